The number of benzene rings is 2. The molecule has 0 aliphatic heterocycles. The predicted octanol–water partition coefficient (Wildman–Crippen LogP) is 3.29. The molecule has 0 fully saturated rings. The Morgan fingerprint density at radius 3 is 2.54 bits per heavy atom. The Balaban J connectivity index is 1.36. The number of halogens is 1. The summed E-state index contributed by atoms with van der Waals surface area (Å²) in [5.74, 6) is -0.591. The Hall–Kier alpha value is -3.20. The zero-order valence-corrected chi connectivity index (χ0v) is 15.4. The van der Waals surface area contributed by atoms with E-state index in [2.05, 4.69) is 15.5 Å². The first-order valence-corrected chi connectivity index (χ1v) is 9.42. The van der Waals surface area contributed by atoms with Gasteiger partial charge in [-0.3, -0.25) is 9.59 Å². The third kappa shape index (κ3) is 5.92. The van der Waals surface area contributed by atoms with Gasteiger partial charge in [-0.05, 0) is 36.4 Å². The molecule has 1 aromatic heterocycles. The monoisotopic (exact) mass is 401 g/mol. The van der Waals surface area contributed by atoms with Crippen LogP contribution in [0.3, 0.4) is 0 Å². The van der Waals surface area contributed by atoms with Crippen LogP contribution in [0.1, 0.15) is 5.89 Å². The molecule has 1 N–H and O–H groups in total. The van der Waals surface area contributed by atoms with Crippen LogP contribution in [0.5, 0.6) is 0 Å². The zero-order valence-electron chi connectivity index (χ0n) is 14.6. The Labute approximate surface area is 164 Å². The van der Waals surface area contributed by atoms with E-state index in [9.17, 15) is 14.0 Å². The van der Waals surface area contributed by atoms with Crippen LogP contribution in [0.2, 0.25) is 0 Å². The van der Waals surface area contributed by atoms with E-state index in [0.29, 0.717) is 11.6 Å². The third-order valence-electron chi connectivity index (χ3n) is 3.43. The molecule has 7 nitrogen and oxygen atoms in total. The number of rotatable bonds is 8. The minimum Gasteiger partial charge on any atom is -0.455 e. The molecule has 1 heterocycles. The first kappa shape index (κ1) is 19.6. The normalized spacial score (nSPS) is 10.5. The second-order valence-corrected chi connectivity index (χ2v) is 6.56. The summed E-state index contributed by atoms with van der Waals surface area (Å²) in [7, 11) is 0. The molecule has 0 saturated heterocycles. The van der Waals surface area contributed by atoms with Crippen molar-refractivity contribution >= 4 is 29.3 Å². The number of hydrogen-bond acceptors (Lipinski definition) is 7. The maximum Gasteiger partial charge on any atom is 0.316 e. The van der Waals surface area contributed by atoms with Crippen molar-refractivity contribution in [1.29, 1.82) is 0 Å². The fourth-order valence-corrected chi connectivity index (χ4v) is 2.76. The molecular formula is C19H16FN3O4S. The summed E-state index contributed by atoms with van der Waals surface area (Å²) in [6, 6.07) is 14.7. The number of anilines is 1. The van der Waals surface area contributed by atoms with Gasteiger partial charge < -0.3 is 14.5 Å². The van der Waals surface area contributed by atoms with Crippen molar-refractivity contribution in [2.45, 2.75) is 6.61 Å². The Kier molecular flexibility index (Phi) is 6.74. The zero-order chi connectivity index (χ0) is 19.8. The minimum atomic E-state index is -0.501. The average Bonchev–Trinajstić information content (AvgIpc) is 3.18. The first-order valence-electron chi connectivity index (χ1n) is 8.27. The standard InChI is InChI=1S/C19H16FN3O4S/c20-14-6-8-15(9-7-14)21-16(24)11-28-12-18(25)26-10-17-22-23-19(27-17)13-4-2-1-3-5-13/h1-9H,10-12H2,(H,21,24). The lowest BCUT2D eigenvalue weighted by molar-refractivity contribution is -0.142. The molecule has 0 saturated carbocycles. The van der Waals surface area contributed by atoms with Gasteiger partial charge in [-0.1, -0.05) is 18.2 Å². The lowest BCUT2D eigenvalue weighted by Crippen LogP contribution is -2.16. The topological polar surface area (TPSA) is 94.3 Å². The van der Waals surface area contributed by atoms with Gasteiger partial charge in [-0.2, -0.15) is 0 Å². The highest BCUT2D eigenvalue weighted by Crippen LogP contribution is 2.17. The van der Waals surface area contributed by atoms with Crippen molar-refractivity contribution in [2.75, 3.05) is 16.8 Å². The summed E-state index contributed by atoms with van der Waals surface area (Å²) in [5.41, 5.74) is 1.26. The Morgan fingerprint density at radius 1 is 1.04 bits per heavy atom. The Morgan fingerprint density at radius 2 is 1.79 bits per heavy atom. The van der Waals surface area contributed by atoms with E-state index in [0.717, 1.165) is 17.3 Å². The quantitative estimate of drug-likeness (QED) is 0.579. The number of esters is 1. The van der Waals surface area contributed by atoms with Crippen LogP contribution in [0.4, 0.5) is 10.1 Å². The van der Waals surface area contributed by atoms with Crippen LogP contribution in [0.25, 0.3) is 11.5 Å². The molecule has 0 atom stereocenters. The molecule has 9 heteroatoms. The molecule has 0 bridgehead atoms. The van der Waals surface area contributed by atoms with Crippen LogP contribution in [0, 0.1) is 5.82 Å². The highest BCUT2D eigenvalue weighted by Gasteiger charge is 2.12. The average molecular weight is 401 g/mol. The SMILES string of the molecule is O=C(CSCC(=O)OCc1nnc(-c2ccccc2)o1)Nc1ccc(F)cc1. The van der Waals surface area contributed by atoms with Crippen LogP contribution in [-0.4, -0.2) is 33.6 Å². The van der Waals surface area contributed by atoms with E-state index in [1.165, 1.54) is 24.3 Å². The van der Waals surface area contributed by atoms with E-state index >= 15 is 0 Å². The van der Waals surface area contributed by atoms with Gasteiger partial charge in [0, 0.05) is 11.3 Å². The van der Waals surface area contributed by atoms with E-state index < -0.39 is 5.97 Å². The maximum absolute atomic E-state index is 12.8. The first-order chi connectivity index (χ1) is 13.6. The number of thioether (sulfide) groups is 1. The fourth-order valence-electron chi connectivity index (χ4n) is 2.15. The van der Waals surface area contributed by atoms with E-state index in [-0.39, 0.29) is 35.7 Å². The molecule has 0 aliphatic carbocycles. The maximum atomic E-state index is 12.8. The highest BCUT2D eigenvalue weighted by molar-refractivity contribution is 8.00. The van der Waals surface area contributed by atoms with Crippen molar-refractivity contribution in [2.24, 2.45) is 0 Å². The van der Waals surface area contributed by atoms with Crippen LogP contribution < -0.4 is 5.32 Å². The summed E-state index contributed by atoms with van der Waals surface area (Å²) < 4.78 is 23.3. The van der Waals surface area contributed by atoms with Crippen molar-refractivity contribution in [3.8, 4) is 11.5 Å². The van der Waals surface area contributed by atoms with Gasteiger partial charge in [-0.25, -0.2) is 4.39 Å². The van der Waals surface area contributed by atoms with Crippen LogP contribution in [-0.2, 0) is 20.9 Å². The number of hydrogen-bond donors (Lipinski definition) is 1. The van der Waals surface area contributed by atoms with Crippen molar-refractivity contribution in [3.05, 3.63) is 66.3 Å². The number of amides is 1. The number of nitrogens with zero attached hydrogens (tertiary/aromatic N) is 2. The number of carbonyl (C=O) groups excluding carboxylic acids is 2. The van der Waals surface area contributed by atoms with Crippen molar-refractivity contribution < 1.29 is 23.1 Å². The number of ether oxygens (including phenoxy) is 1. The number of carbonyl (C=O) groups is 2. The molecule has 144 valence electrons. The van der Waals surface area contributed by atoms with E-state index in [1.54, 1.807) is 0 Å². The lowest BCUT2D eigenvalue weighted by Gasteiger charge is -2.05. The molecule has 0 aliphatic rings. The largest absolute Gasteiger partial charge is 0.455 e. The summed E-state index contributed by atoms with van der Waals surface area (Å²) in [5, 5.41) is 10.3. The summed E-state index contributed by atoms with van der Waals surface area (Å²) >= 11 is 1.10. The summed E-state index contributed by atoms with van der Waals surface area (Å²) in [4.78, 5) is 23.5. The lowest BCUT2D eigenvalue weighted by atomic mass is 10.2. The molecule has 2 aromatic carbocycles. The predicted molar refractivity (Wildman–Crippen MR) is 102 cm³/mol. The molecule has 0 radical (unpaired) electrons. The summed E-state index contributed by atoms with van der Waals surface area (Å²) in [6.45, 7) is -0.138. The fraction of sp³-hybridized carbons (Fsp3) is 0.158. The molecule has 3 rings (SSSR count). The number of aromatic nitrogens is 2. The molecule has 1 amide bonds. The third-order valence-corrected chi connectivity index (χ3v) is 4.33. The van der Waals surface area contributed by atoms with Gasteiger partial charge in [-0.15, -0.1) is 22.0 Å². The van der Waals surface area contributed by atoms with Gasteiger partial charge in [0.2, 0.25) is 11.8 Å². The number of nitrogens with one attached hydrogen (secondary N) is 1. The van der Waals surface area contributed by atoms with Crippen molar-refractivity contribution in [1.82, 2.24) is 10.2 Å². The second kappa shape index (κ2) is 9.65. The van der Waals surface area contributed by atoms with Gasteiger partial charge in [0.25, 0.3) is 5.89 Å². The van der Waals surface area contributed by atoms with Crippen LogP contribution >= 0.6 is 11.8 Å². The molecular weight excluding hydrogens is 385 g/mol. The van der Waals surface area contributed by atoms with E-state index in [4.69, 9.17) is 9.15 Å². The molecule has 0 spiro atoms. The second-order valence-electron chi connectivity index (χ2n) is 5.58. The van der Waals surface area contributed by atoms with Gasteiger partial charge >= 0.3 is 5.97 Å². The smallest absolute Gasteiger partial charge is 0.316 e. The van der Waals surface area contributed by atoms with Gasteiger partial charge in [0.1, 0.15) is 5.82 Å². The van der Waals surface area contributed by atoms with E-state index in [1.807, 2.05) is 30.3 Å². The van der Waals surface area contributed by atoms with Crippen molar-refractivity contribution in [3.63, 3.8) is 0 Å². The highest BCUT2D eigenvalue weighted by atomic mass is 32.2. The van der Waals surface area contributed by atoms with Crippen LogP contribution in [0.15, 0.2) is 59.0 Å². The molecule has 0 unspecified atom stereocenters. The Bertz CT molecular complexity index is 932. The van der Waals surface area contributed by atoms with Gasteiger partial charge in [0.05, 0.1) is 11.5 Å². The summed E-state index contributed by atoms with van der Waals surface area (Å²) in [6.07, 6.45) is 0. The minimum absolute atomic E-state index is 0.00345. The molecule has 3 aromatic rings. The van der Waals surface area contributed by atoms with Gasteiger partial charge in [0.15, 0.2) is 6.61 Å². The molecule has 28 heavy (non-hydrogen) atoms.